The molecular formula is C36H50O4. The van der Waals surface area contributed by atoms with E-state index >= 15 is 0 Å². The van der Waals surface area contributed by atoms with Gasteiger partial charge in [-0.15, -0.1) is 0 Å². The maximum atomic E-state index is 14.1. The smallest absolute Gasteiger partial charge is 0.137 e. The zero-order valence-electron chi connectivity index (χ0n) is 25.7. The first-order valence-electron chi connectivity index (χ1n) is 15.6. The third kappa shape index (κ3) is 7.17. The molecule has 2 aromatic carbocycles. The van der Waals surface area contributed by atoms with Crippen LogP contribution in [-0.2, 0) is 16.0 Å². The third-order valence-corrected chi connectivity index (χ3v) is 9.48. The van der Waals surface area contributed by atoms with Gasteiger partial charge in [-0.05, 0) is 106 Å². The second kappa shape index (κ2) is 12.9. The van der Waals surface area contributed by atoms with Crippen LogP contribution >= 0.6 is 0 Å². The summed E-state index contributed by atoms with van der Waals surface area (Å²) in [5.74, 6) is 2.56. The van der Waals surface area contributed by atoms with Crippen molar-refractivity contribution in [1.82, 2.24) is 0 Å². The minimum Gasteiger partial charge on any atom is -0.493 e. The lowest BCUT2D eigenvalue weighted by Gasteiger charge is -2.40. The second-order valence-corrected chi connectivity index (χ2v) is 13.2. The molecule has 0 saturated heterocycles. The average Bonchev–Trinajstić information content (AvgIpc) is 3.71. The number of Topliss-reactive ketones (excluding diaryl/α,β-unsaturated/α-hetero) is 2. The van der Waals surface area contributed by atoms with Crippen molar-refractivity contribution in [3.8, 4) is 11.5 Å². The number of benzene rings is 2. The molecule has 0 bridgehead atoms. The molecular weight excluding hydrogens is 496 g/mol. The fourth-order valence-corrected chi connectivity index (χ4v) is 6.64. The van der Waals surface area contributed by atoms with Crippen LogP contribution in [0.2, 0.25) is 0 Å². The van der Waals surface area contributed by atoms with Gasteiger partial charge in [0.15, 0.2) is 0 Å². The summed E-state index contributed by atoms with van der Waals surface area (Å²) in [6.45, 7) is 13.7. The summed E-state index contributed by atoms with van der Waals surface area (Å²) in [7, 11) is 0. The summed E-state index contributed by atoms with van der Waals surface area (Å²) in [5.41, 5.74) is 3.22. The van der Waals surface area contributed by atoms with Crippen LogP contribution in [0.3, 0.4) is 0 Å². The summed E-state index contributed by atoms with van der Waals surface area (Å²) >= 11 is 0. The summed E-state index contributed by atoms with van der Waals surface area (Å²) in [4.78, 5) is 26.8. The number of hydrogen-bond donors (Lipinski definition) is 0. The number of ketones is 2. The molecule has 0 amide bonds. The van der Waals surface area contributed by atoms with E-state index in [1.807, 2.05) is 13.8 Å². The van der Waals surface area contributed by atoms with Crippen molar-refractivity contribution in [3.05, 3.63) is 59.2 Å². The van der Waals surface area contributed by atoms with Gasteiger partial charge in [-0.3, -0.25) is 9.59 Å². The number of ether oxygens (including phenoxy) is 2. The van der Waals surface area contributed by atoms with E-state index in [0.717, 1.165) is 55.6 Å². The van der Waals surface area contributed by atoms with Gasteiger partial charge in [-0.2, -0.15) is 0 Å². The van der Waals surface area contributed by atoms with Crippen molar-refractivity contribution < 1.29 is 19.1 Å². The topological polar surface area (TPSA) is 52.6 Å². The summed E-state index contributed by atoms with van der Waals surface area (Å²) in [6, 6.07) is 15.0. The Morgan fingerprint density at radius 3 is 2.08 bits per heavy atom. The molecule has 0 N–H and O–H groups in total. The molecule has 2 aromatic rings. The van der Waals surface area contributed by atoms with Crippen LogP contribution < -0.4 is 9.47 Å². The Balaban J connectivity index is 1.63. The predicted molar refractivity (Wildman–Crippen MR) is 162 cm³/mol. The van der Waals surface area contributed by atoms with Crippen LogP contribution in [-0.4, -0.2) is 24.8 Å². The fourth-order valence-electron chi connectivity index (χ4n) is 6.64. The number of hydrogen-bond acceptors (Lipinski definition) is 4. The third-order valence-electron chi connectivity index (χ3n) is 9.48. The molecule has 1 unspecified atom stereocenters. The molecule has 0 spiro atoms. The van der Waals surface area contributed by atoms with E-state index < -0.39 is 5.41 Å². The van der Waals surface area contributed by atoms with Crippen molar-refractivity contribution >= 4 is 11.6 Å². The van der Waals surface area contributed by atoms with Crippen molar-refractivity contribution in [2.75, 3.05) is 13.2 Å². The van der Waals surface area contributed by atoms with E-state index in [9.17, 15) is 9.59 Å². The minimum absolute atomic E-state index is 0.00391. The van der Waals surface area contributed by atoms with Gasteiger partial charge in [0.05, 0.1) is 13.2 Å². The molecule has 40 heavy (non-hydrogen) atoms. The Hall–Kier alpha value is -2.62. The van der Waals surface area contributed by atoms with E-state index in [1.165, 1.54) is 24.0 Å². The van der Waals surface area contributed by atoms with Crippen LogP contribution in [0.15, 0.2) is 42.5 Å². The zero-order chi connectivity index (χ0) is 28.9. The molecule has 2 fully saturated rings. The molecule has 0 heterocycles. The summed E-state index contributed by atoms with van der Waals surface area (Å²) in [6.07, 6.45) is 8.13. The van der Waals surface area contributed by atoms with Crippen LogP contribution in [0.1, 0.15) is 121 Å². The van der Waals surface area contributed by atoms with Gasteiger partial charge in [0.1, 0.15) is 23.1 Å². The van der Waals surface area contributed by atoms with Gasteiger partial charge in [0.25, 0.3) is 0 Å². The first kappa shape index (κ1) is 30.3. The van der Waals surface area contributed by atoms with Crippen molar-refractivity contribution in [3.63, 3.8) is 0 Å². The number of carbonyl (C=O) groups excluding carboxylic acids is 2. The molecule has 0 radical (unpaired) electrons. The molecule has 0 aromatic heterocycles. The first-order valence-corrected chi connectivity index (χ1v) is 15.6. The molecule has 2 aliphatic carbocycles. The first-order chi connectivity index (χ1) is 19.1. The van der Waals surface area contributed by atoms with Gasteiger partial charge >= 0.3 is 0 Å². The van der Waals surface area contributed by atoms with Crippen molar-refractivity contribution in [2.45, 2.75) is 111 Å². The number of carbonyl (C=O) groups is 2. The molecule has 4 rings (SSSR count). The largest absolute Gasteiger partial charge is 0.493 e. The van der Waals surface area contributed by atoms with Crippen molar-refractivity contribution in [1.29, 1.82) is 0 Å². The highest BCUT2D eigenvalue weighted by Crippen LogP contribution is 2.51. The molecule has 2 atom stereocenters. The van der Waals surface area contributed by atoms with Gasteiger partial charge < -0.3 is 9.47 Å². The lowest BCUT2D eigenvalue weighted by atomic mass is 9.61. The normalized spacial score (nSPS) is 17.9. The monoisotopic (exact) mass is 546 g/mol. The Morgan fingerprint density at radius 1 is 1.00 bits per heavy atom. The summed E-state index contributed by atoms with van der Waals surface area (Å²) < 4.78 is 12.3. The molecule has 4 heteroatoms. The summed E-state index contributed by atoms with van der Waals surface area (Å²) in [5, 5.41) is 0. The SMILES string of the molecule is CCOc1cc([C@@H](C)C(CCC(C)(C)Cc2ccccc2)C(=O)CC2(C(C)=O)CCC2)cc(OCC)c1C1CC1. The van der Waals surface area contributed by atoms with E-state index in [-0.39, 0.29) is 28.8 Å². The highest BCUT2D eigenvalue weighted by molar-refractivity contribution is 5.91. The molecule has 0 aliphatic heterocycles. The van der Waals surface area contributed by atoms with Gasteiger partial charge in [-0.25, -0.2) is 0 Å². The van der Waals surface area contributed by atoms with E-state index in [1.54, 1.807) is 6.92 Å². The standard InChI is InChI=1S/C36H50O4/c1-7-39-32-21-29(22-33(40-8-2)34(32)28-15-16-28)25(3)30(31(38)24-36(26(4)37)18-12-19-36)17-20-35(5,6)23-27-13-10-9-11-14-27/h9-11,13-14,21-22,25,28,30H,7-8,12,15-20,23-24H2,1-6H3/t25-,30?/m1/s1. The van der Waals surface area contributed by atoms with Crippen LogP contribution in [0.4, 0.5) is 0 Å². The Labute approximate surface area is 242 Å². The quantitative estimate of drug-likeness (QED) is 0.211. The van der Waals surface area contributed by atoms with Gasteiger partial charge in [-0.1, -0.05) is 57.5 Å². The Bertz CT molecular complexity index is 1130. The van der Waals surface area contributed by atoms with E-state index in [0.29, 0.717) is 25.6 Å². The fraction of sp³-hybridized carbons (Fsp3) is 0.611. The zero-order valence-corrected chi connectivity index (χ0v) is 25.7. The lowest BCUT2D eigenvalue weighted by molar-refractivity contribution is -0.139. The maximum absolute atomic E-state index is 14.1. The average molecular weight is 547 g/mol. The lowest BCUT2D eigenvalue weighted by Crippen LogP contribution is -2.40. The van der Waals surface area contributed by atoms with E-state index in [4.69, 9.17) is 9.47 Å². The molecule has 2 aliphatic rings. The predicted octanol–water partition coefficient (Wildman–Crippen LogP) is 8.85. The van der Waals surface area contributed by atoms with E-state index in [2.05, 4.69) is 63.2 Å². The molecule has 4 nitrogen and oxygen atoms in total. The number of rotatable bonds is 16. The molecule has 218 valence electrons. The van der Waals surface area contributed by atoms with Crippen molar-refractivity contribution in [2.24, 2.45) is 16.7 Å². The van der Waals surface area contributed by atoms with Gasteiger partial charge in [0, 0.05) is 23.3 Å². The Morgan fingerprint density at radius 2 is 1.60 bits per heavy atom. The van der Waals surface area contributed by atoms with Gasteiger partial charge in [0.2, 0.25) is 0 Å². The van der Waals surface area contributed by atoms with Crippen LogP contribution in [0.25, 0.3) is 0 Å². The Kier molecular flexibility index (Phi) is 9.80. The highest BCUT2D eigenvalue weighted by atomic mass is 16.5. The van der Waals surface area contributed by atoms with Crippen LogP contribution in [0.5, 0.6) is 11.5 Å². The highest BCUT2D eigenvalue weighted by Gasteiger charge is 2.45. The van der Waals surface area contributed by atoms with Crippen LogP contribution in [0, 0.1) is 16.7 Å². The minimum atomic E-state index is -0.447. The second-order valence-electron chi connectivity index (χ2n) is 13.2. The molecule has 2 saturated carbocycles. The maximum Gasteiger partial charge on any atom is 0.137 e.